The van der Waals surface area contributed by atoms with Gasteiger partial charge in [-0.3, -0.25) is 4.21 Å². The number of aromatic nitrogens is 2. The molecule has 4 nitrogen and oxygen atoms in total. The van der Waals surface area contributed by atoms with Gasteiger partial charge in [0, 0.05) is 23.0 Å². The molecule has 1 aliphatic rings. The Morgan fingerprint density at radius 2 is 2.38 bits per heavy atom. The molecule has 1 aromatic heterocycles. The fraction of sp³-hybridized carbons (Fsp3) is 0.750. The molecule has 0 radical (unpaired) electrons. The van der Waals surface area contributed by atoms with E-state index in [0.29, 0.717) is 29.3 Å². The highest BCUT2D eigenvalue weighted by Gasteiger charge is 2.38. The number of nitrogens with zero attached hydrogens (tertiary/aromatic N) is 2. The van der Waals surface area contributed by atoms with Crippen LogP contribution in [0.25, 0.3) is 0 Å². The van der Waals surface area contributed by atoms with Crippen molar-refractivity contribution in [2.45, 2.75) is 25.0 Å². The molecule has 5 heteroatoms. The van der Waals surface area contributed by atoms with Crippen LogP contribution in [0.15, 0.2) is 4.52 Å². The summed E-state index contributed by atoms with van der Waals surface area (Å²) in [4.78, 5) is 4.19. The van der Waals surface area contributed by atoms with Crippen LogP contribution in [0.1, 0.15) is 31.0 Å². The van der Waals surface area contributed by atoms with Gasteiger partial charge in [-0.2, -0.15) is 4.98 Å². The average Bonchev–Trinajstić information content (AvgIpc) is 2.60. The van der Waals surface area contributed by atoms with E-state index in [4.69, 9.17) is 4.52 Å². The molecule has 2 rings (SSSR count). The molecular weight excluding hydrogens is 188 g/mol. The summed E-state index contributed by atoms with van der Waals surface area (Å²) in [5, 5.41) is 3.77. The van der Waals surface area contributed by atoms with Crippen LogP contribution < -0.4 is 0 Å². The van der Waals surface area contributed by atoms with Crippen molar-refractivity contribution in [3.05, 3.63) is 11.7 Å². The molecule has 0 saturated heterocycles. The Morgan fingerprint density at radius 1 is 1.69 bits per heavy atom. The largest absolute Gasteiger partial charge is 0.339 e. The molecule has 0 aliphatic heterocycles. The van der Waals surface area contributed by atoms with Crippen LogP contribution in [-0.4, -0.2) is 20.6 Å². The van der Waals surface area contributed by atoms with Crippen LogP contribution in [0.3, 0.4) is 0 Å². The van der Waals surface area contributed by atoms with E-state index in [1.54, 1.807) is 6.26 Å². The normalized spacial score (nSPS) is 28.8. The third-order valence-corrected chi connectivity index (χ3v) is 2.91. The zero-order valence-corrected chi connectivity index (χ0v) is 8.50. The summed E-state index contributed by atoms with van der Waals surface area (Å²) < 4.78 is 15.9. The van der Waals surface area contributed by atoms with Crippen LogP contribution in [-0.2, 0) is 16.6 Å². The quantitative estimate of drug-likeness (QED) is 0.732. The predicted octanol–water partition coefficient (Wildman–Crippen LogP) is 1.07. The van der Waals surface area contributed by atoms with E-state index >= 15 is 0 Å². The van der Waals surface area contributed by atoms with Gasteiger partial charge in [-0.05, 0) is 12.3 Å². The minimum absolute atomic E-state index is 0.393. The van der Waals surface area contributed by atoms with E-state index in [2.05, 4.69) is 17.1 Å². The lowest BCUT2D eigenvalue weighted by atomic mass is 10.3. The van der Waals surface area contributed by atoms with Gasteiger partial charge >= 0.3 is 0 Å². The number of hydrogen-bond acceptors (Lipinski definition) is 4. The Labute approximate surface area is 79.2 Å². The maximum Gasteiger partial charge on any atom is 0.230 e. The van der Waals surface area contributed by atoms with Gasteiger partial charge in [-0.15, -0.1) is 0 Å². The summed E-state index contributed by atoms with van der Waals surface area (Å²) in [5.74, 6) is 2.79. The van der Waals surface area contributed by atoms with Crippen molar-refractivity contribution in [2.24, 2.45) is 5.92 Å². The molecule has 0 spiro atoms. The van der Waals surface area contributed by atoms with Gasteiger partial charge < -0.3 is 4.52 Å². The van der Waals surface area contributed by atoms with E-state index in [-0.39, 0.29) is 0 Å². The summed E-state index contributed by atoms with van der Waals surface area (Å²) in [7, 11) is -0.890. The van der Waals surface area contributed by atoms with Gasteiger partial charge in [0.2, 0.25) is 5.89 Å². The minimum atomic E-state index is -0.890. The Bertz CT molecular complexity index is 337. The van der Waals surface area contributed by atoms with Crippen LogP contribution >= 0.6 is 0 Å². The van der Waals surface area contributed by atoms with Crippen LogP contribution in [0, 0.1) is 5.92 Å². The van der Waals surface area contributed by atoms with E-state index in [9.17, 15) is 4.21 Å². The SMILES string of the molecule is C[C@H]1C[C@@H]1c1nc(CS(C)=O)no1. The van der Waals surface area contributed by atoms with Crippen molar-refractivity contribution in [3.63, 3.8) is 0 Å². The fourth-order valence-corrected chi connectivity index (χ4v) is 1.81. The zero-order chi connectivity index (χ0) is 9.42. The fourth-order valence-electron chi connectivity index (χ4n) is 1.32. The molecule has 1 heterocycles. The molecule has 13 heavy (non-hydrogen) atoms. The first kappa shape index (κ1) is 8.87. The highest BCUT2D eigenvalue weighted by Crippen LogP contribution is 2.45. The lowest BCUT2D eigenvalue weighted by Crippen LogP contribution is -1.94. The summed E-state index contributed by atoms with van der Waals surface area (Å²) in [6.45, 7) is 2.16. The smallest absolute Gasteiger partial charge is 0.230 e. The first-order valence-electron chi connectivity index (χ1n) is 4.29. The van der Waals surface area contributed by atoms with Gasteiger partial charge in [0.1, 0.15) is 0 Å². The molecular formula is C8H12N2O2S. The third kappa shape index (κ3) is 1.96. The lowest BCUT2D eigenvalue weighted by molar-refractivity contribution is 0.372. The van der Waals surface area contributed by atoms with Crippen LogP contribution in [0.2, 0.25) is 0 Å². The second kappa shape index (κ2) is 3.21. The molecule has 0 aromatic carbocycles. The van der Waals surface area contributed by atoms with E-state index in [1.807, 2.05) is 0 Å². The van der Waals surface area contributed by atoms with Crippen LogP contribution in [0.4, 0.5) is 0 Å². The van der Waals surface area contributed by atoms with Crippen molar-refractivity contribution in [1.82, 2.24) is 10.1 Å². The number of hydrogen-bond donors (Lipinski definition) is 0. The zero-order valence-electron chi connectivity index (χ0n) is 7.69. The van der Waals surface area contributed by atoms with Crippen molar-refractivity contribution in [2.75, 3.05) is 6.26 Å². The van der Waals surface area contributed by atoms with E-state index in [0.717, 1.165) is 6.42 Å². The van der Waals surface area contributed by atoms with Gasteiger partial charge in [-0.1, -0.05) is 12.1 Å². The van der Waals surface area contributed by atoms with Crippen LogP contribution in [0.5, 0.6) is 0 Å². The van der Waals surface area contributed by atoms with Gasteiger partial charge in [0.15, 0.2) is 5.82 Å². The van der Waals surface area contributed by atoms with Gasteiger partial charge in [-0.25, -0.2) is 0 Å². The molecule has 1 fully saturated rings. The predicted molar refractivity (Wildman–Crippen MR) is 48.6 cm³/mol. The maximum absolute atomic E-state index is 10.9. The second-order valence-electron chi connectivity index (χ2n) is 3.59. The topological polar surface area (TPSA) is 56.0 Å². The molecule has 1 aliphatic carbocycles. The van der Waals surface area contributed by atoms with Gasteiger partial charge in [0.05, 0.1) is 5.75 Å². The molecule has 0 amide bonds. The molecule has 0 N–H and O–H groups in total. The summed E-state index contributed by atoms with van der Waals surface area (Å²) in [6, 6.07) is 0. The molecule has 3 atom stereocenters. The molecule has 1 aromatic rings. The monoisotopic (exact) mass is 200 g/mol. The van der Waals surface area contributed by atoms with E-state index < -0.39 is 10.8 Å². The standard InChI is InChI=1S/C8H12N2O2S/c1-5-3-6(5)8-9-7(10-12-8)4-13(2)11/h5-6H,3-4H2,1-2H3/t5-,6-,13?/m0/s1. The Hall–Kier alpha value is -0.710. The third-order valence-electron chi connectivity index (χ3n) is 2.24. The lowest BCUT2D eigenvalue weighted by Gasteiger charge is -1.85. The Morgan fingerprint density at radius 3 is 2.92 bits per heavy atom. The first-order valence-corrected chi connectivity index (χ1v) is 6.02. The van der Waals surface area contributed by atoms with Crippen molar-refractivity contribution < 1.29 is 8.73 Å². The Kier molecular flexibility index (Phi) is 2.19. The van der Waals surface area contributed by atoms with Crippen molar-refractivity contribution in [3.8, 4) is 0 Å². The Balaban J connectivity index is 2.05. The highest BCUT2D eigenvalue weighted by molar-refractivity contribution is 7.83. The molecule has 1 unspecified atom stereocenters. The van der Waals surface area contributed by atoms with Gasteiger partial charge in [0.25, 0.3) is 0 Å². The summed E-state index contributed by atoms with van der Waals surface area (Å²) >= 11 is 0. The van der Waals surface area contributed by atoms with Crippen molar-refractivity contribution >= 4 is 10.8 Å². The highest BCUT2D eigenvalue weighted by atomic mass is 32.2. The van der Waals surface area contributed by atoms with Crippen molar-refractivity contribution in [1.29, 1.82) is 0 Å². The summed E-state index contributed by atoms with van der Waals surface area (Å²) in [6.07, 6.45) is 2.77. The second-order valence-corrected chi connectivity index (χ2v) is 5.02. The summed E-state index contributed by atoms with van der Waals surface area (Å²) in [5.41, 5.74) is 0. The molecule has 1 saturated carbocycles. The van der Waals surface area contributed by atoms with E-state index in [1.165, 1.54) is 0 Å². The minimum Gasteiger partial charge on any atom is -0.339 e. The maximum atomic E-state index is 10.9. The average molecular weight is 200 g/mol. The first-order chi connectivity index (χ1) is 6.16. The number of rotatable bonds is 3. The molecule has 0 bridgehead atoms. The molecule has 72 valence electrons.